The zero-order valence-electron chi connectivity index (χ0n) is 10.0. The lowest BCUT2D eigenvalue weighted by Gasteiger charge is -2.21. The SMILES string of the molecule is NC(=O)C1CC(O)CN1S(=O)(=O)c1cc(Br)cnc1Cl. The molecule has 2 rings (SSSR count). The van der Waals surface area contributed by atoms with Gasteiger partial charge in [0.15, 0.2) is 0 Å². The average Bonchev–Trinajstić information content (AvgIpc) is 2.75. The van der Waals surface area contributed by atoms with Crippen LogP contribution in [0.25, 0.3) is 0 Å². The summed E-state index contributed by atoms with van der Waals surface area (Å²) in [6.07, 6.45) is 0.375. The van der Waals surface area contributed by atoms with Crippen molar-refractivity contribution in [2.24, 2.45) is 5.73 Å². The summed E-state index contributed by atoms with van der Waals surface area (Å²) < 4.78 is 26.3. The number of rotatable bonds is 3. The van der Waals surface area contributed by atoms with E-state index in [-0.39, 0.29) is 23.0 Å². The van der Waals surface area contributed by atoms with Gasteiger partial charge in [0.25, 0.3) is 0 Å². The zero-order chi connectivity index (χ0) is 15.1. The van der Waals surface area contributed by atoms with Crippen LogP contribution >= 0.6 is 27.5 Å². The van der Waals surface area contributed by atoms with E-state index in [4.69, 9.17) is 17.3 Å². The van der Waals surface area contributed by atoms with Crippen molar-refractivity contribution in [2.75, 3.05) is 6.54 Å². The minimum atomic E-state index is -4.07. The molecular formula is C10H11BrClN3O4S. The summed E-state index contributed by atoms with van der Waals surface area (Å²) in [5.74, 6) is -0.816. The molecule has 0 bridgehead atoms. The maximum atomic E-state index is 12.5. The van der Waals surface area contributed by atoms with Gasteiger partial charge in [0.1, 0.15) is 16.1 Å². The summed E-state index contributed by atoms with van der Waals surface area (Å²) >= 11 is 8.91. The van der Waals surface area contributed by atoms with Gasteiger partial charge in [0.2, 0.25) is 15.9 Å². The molecule has 0 spiro atoms. The average molecular weight is 385 g/mol. The summed E-state index contributed by atoms with van der Waals surface area (Å²) in [5, 5.41) is 9.37. The Labute approximate surface area is 128 Å². The van der Waals surface area contributed by atoms with E-state index in [0.717, 1.165) is 4.31 Å². The fraction of sp³-hybridized carbons (Fsp3) is 0.400. The van der Waals surface area contributed by atoms with Crippen molar-refractivity contribution in [2.45, 2.75) is 23.5 Å². The molecule has 1 saturated heterocycles. The number of primary amides is 1. The third-order valence-electron chi connectivity index (χ3n) is 2.92. The Kier molecular flexibility index (Phi) is 4.35. The number of sulfonamides is 1. The van der Waals surface area contributed by atoms with Crippen LogP contribution in [0.3, 0.4) is 0 Å². The van der Waals surface area contributed by atoms with Gasteiger partial charge in [0.05, 0.1) is 6.10 Å². The number of nitrogens with two attached hydrogens (primary N) is 1. The second-order valence-corrected chi connectivity index (χ2v) is 7.46. The maximum Gasteiger partial charge on any atom is 0.247 e. The molecule has 110 valence electrons. The number of hydrogen-bond donors (Lipinski definition) is 2. The van der Waals surface area contributed by atoms with Gasteiger partial charge in [-0.2, -0.15) is 4.31 Å². The molecule has 0 saturated carbocycles. The summed E-state index contributed by atoms with van der Waals surface area (Å²) in [6.45, 7) is -0.210. The molecule has 7 nitrogen and oxygen atoms in total. The quantitative estimate of drug-likeness (QED) is 0.718. The van der Waals surface area contributed by atoms with Crippen LogP contribution in [0.15, 0.2) is 21.6 Å². The highest BCUT2D eigenvalue weighted by molar-refractivity contribution is 9.10. The third-order valence-corrected chi connectivity index (χ3v) is 5.66. The third kappa shape index (κ3) is 2.82. The lowest BCUT2D eigenvalue weighted by Crippen LogP contribution is -2.43. The summed E-state index contributed by atoms with van der Waals surface area (Å²) in [7, 11) is -4.07. The number of carbonyl (C=O) groups excluding carboxylic acids is 1. The predicted octanol–water partition coefficient (Wildman–Crippen LogP) is 0.107. The Morgan fingerprint density at radius 2 is 2.25 bits per heavy atom. The van der Waals surface area contributed by atoms with E-state index in [0.29, 0.717) is 4.47 Å². The lowest BCUT2D eigenvalue weighted by molar-refractivity contribution is -0.121. The molecule has 0 aromatic carbocycles. The molecule has 1 aromatic rings. The van der Waals surface area contributed by atoms with Crippen LogP contribution in [-0.4, -0.2) is 47.4 Å². The van der Waals surface area contributed by atoms with Crippen LogP contribution in [0, 0.1) is 0 Å². The Hall–Kier alpha value is -0.740. The van der Waals surface area contributed by atoms with Gasteiger partial charge >= 0.3 is 0 Å². The monoisotopic (exact) mass is 383 g/mol. The number of carbonyl (C=O) groups is 1. The number of halogens is 2. The molecule has 0 aliphatic carbocycles. The van der Waals surface area contributed by atoms with Crippen LogP contribution < -0.4 is 5.73 Å². The molecule has 1 aliphatic heterocycles. The van der Waals surface area contributed by atoms with Gasteiger partial charge < -0.3 is 10.8 Å². The van der Waals surface area contributed by atoms with E-state index in [9.17, 15) is 18.3 Å². The fourth-order valence-electron chi connectivity index (χ4n) is 2.02. The topological polar surface area (TPSA) is 114 Å². The number of pyridine rings is 1. The van der Waals surface area contributed by atoms with Crippen molar-refractivity contribution in [3.63, 3.8) is 0 Å². The van der Waals surface area contributed by atoms with Gasteiger partial charge in [-0.05, 0) is 22.0 Å². The van der Waals surface area contributed by atoms with E-state index in [1.54, 1.807) is 0 Å². The summed E-state index contributed by atoms with van der Waals surface area (Å²) in [4.78, 5) is 14.8. The Balaban J connectivity index is 2.49. The van der Waals surface area contributed by atoms with Crippen LogP contribution in [0.5, 0.6) is 0 Å². The molecule has 1 aromatic heterocycles. The number of aliphatic hydroxyl groups excluding tert-OH is 1. The van der Waals surface area contributed by atoms with Gasteiger partial charge in [-0.15, -0.1) is 0 Å². The normalized spacial score (nSPS) is 23.9. The molecule has 20 heavy (non-hydrogen) atoms. The first-order chi connectivity index (χ1) is 9.23. The molecular weight excluding hydrogens is 374 g/mol. The molecule has 1 aliphatic rings. The maximum absolute atomic E-state index is 12.5. The number of nitrogens with zero attached hydrogens (tertiary/aromatic N) is 2. The Morgan fingerprint density at radius 1 is 1.60 bits per heavy atom. The van der Waals surface area contributed by atoms with E-state index >= 15 is 0 Å². The number of β-amino-alcohol motifs (C(OH)–C–C–N with tert-alkyl or cyclic N) is 1. The molecule has 2 heterocycles. The highest BCUT2D eigenvalue weighted by Crippen LogP contribution is 2.30. The smallest absolute Gasteiger partial charge is 0.247 e. The zero-order valence-corrected chi connectivity index (χ0v) is 13.2. The molecule has 1 amide bonds. The minimum absolute atomic E-state index is 0.0341. The van der Waals surface area contributed by atoms with Crippen LogP contribution in [0.4, 0.5) is 0 Å². The number of aliphatic hydroxyl groups is 1. The second kappa shape index (κ2) is 5.57. The molecule has 2 atom stereocenters. The predicted molar refractivity (Wildman–Crippen MR) is 74.4 cm³/mol. The molecule has 1 fully saturated rings. The van der Waals surface area contributed by atoms with Crippen LogP contribution in [0.1, 0.15) is 6.42 Å². The minimum Gasteiger partial charge on any atom is -0.392 e. The lowest BCUT2D eigenvalue weighted by atomic mass is 10.2. The Morgan fingerprint density at radius 3 is 2.85 bits per heavy atom. The first kappa shape index (κ1) is 15.6. The highest BCUT2D eigenvalue weighted by Gasteiger charge is 2.43. The standard InChI is InChI=1S/C10H11BrClN3O4S/c11-5-1-8(9(12)14-3-5)20(18,19)15-4-6(16)2-7(15)10(13)17/h1,3,6-7,16H,2,4H2,(H2,13,17). The van der Waals surface area contributed by atoms with Crippen molar-refractivity contribution in [1.82, 2.24) is 9.29 Å². The van der Waals surface area contributed by atoms with Crippen molar-refractivity contribution >= 4 is 43.5 Å². The van der Waals surface area contributed by atoms with E-state index in [1.807, 2.05) is 0 Å². The highest BCUT2D eigenvalue weighted by atomic mass is 79.9. The van der Waals surface area contributed by atoms with Crippen molar-refractivity contribution in [1.29, 1.82) is 0 Å². The molecule has 3 N–H and O–H groups in total. The summed E-state index contributed by atoms with van der Waals surface area (Å²) in [6, 6.07) is 0.193. The largest absolute Gasteiger partial charge is 0.392 e. The van der Waals surface area contributed by atoms with Gasteiger partial charge in [0, 0.05) is 23.6 Å². The van der Waals surface area contributed by atoms with Crippen molar-refractivity contribution < 1.29 is 18.3 Å². The van der Waals surface area contributed by atoms with Crippen LogP contribution in [0.2, 0.25) is 5.15 Å². The van der Waals surface area contributed by atoms with Gasteiger partial charge in [-0.3, -0.25) is 4.79 Å². The molecule has 0 radical (unpaired) electrons. The first-order valence-electron chi connectivity index (χ1n) is 5.53. The van der Waals surface area contributed by atoms with E-state index in [2.05, 4.69) is 20.9 Å². The number of aromatic nitrogens is 1. The van der Waals surface area contributed by atoms with E-state index < -0.39 is 28.1 Å². The molecule has 10 heteroatoms. The van der Waals surface area contributed by atoms with Crippen LogP contribution in [-0.2, 0) is 14.8 Å². The fourth-order valence-corrected chi connectivity index (χ4v) is 4.59. The van der Waals surface area contributed by atoms with Gasteiger partial charge in [-0.1, -0.05) is 11.6 Å². The molecule has 2 unspecified atom stereocenters. The summed E-state index contributed by atoms with van der Waals surface area (Å²) in [5.41, 5.74) is 5.18. The van der Waals surface area contributed by atoms with Gasteiger partial charge in [-0.25, -0.2) is 13.4 Å². The number of amides is 1. The van der Waals surface area contributed by atoms with Crippen molar-refractivity contribution in [3.8, 4) is 0 Å². The van der Waals surface area contributed by atoms with E-state index in [1.165, 1.54) is 12.3 Å². The van der Waals surface area contributed by atoms with Crippen molar-refractivity contribution in [3.05, 3.63) is 21.9 Å². The number of hydrogen-bond acceptors (Lipinski definition) is 5. The Bertz CT molecular complexity index is 654. The first-order valence-corrected chi connectivity index (χ1v) is 8.15. The second-order valence-electron chi connectivity index (χ2n) is 4.32.